The van der Waals surface area contributed by atoms with E-state index in [4.69, 9.17) is 9.47 Å². The zero-order valence-electron chi connectivity index (χ0n) is 12.6. The van der Waals surface area contributed by atoms with Crippen molar-refractivity contribution in [2.45, 2.75) is 6.42 Å². The summed E-state index contributed by atoms with van der Waals surface area (Å²) in [7, 11) is 1.39. The summed E-state index contributed by atoms with van der Waals surface area (Å²) in [4.78, 5) is 12.0. The molecule has 0 saturated heterocycles. The fraction of sp³-hybridized carbons (Fsp3) is 0.105. The quantitative estimate of drug-likeness (QED) is 0.537. The third-order valence-corrected chi connectivity index (χ3v) is 3.52. The summed E-state index contributed by atoms with van der Waals surface area (Å²) in [6.45, 7) is 0. The van der Waals surface area contributed by atoms with E-state index in [0.29, 0.717) is 11.3 Å². The standard InChI is InChI=1S/C19H15FO3/c1-22-18-9-6-13(10-17(18)20)11-19(21)23-16-8-7-14-4-2-3-5-15(14)12-16/h2-10,12H,11H2,1H3. The van der Waals surface area contributed by atoms with Crippen LogP contribution in [0, 0.1) is 5.82 Å². The molecule has 3 nitrogen and oxygen atoms in total. The monoisotopic (exact) mass is 310 g/mol. The Morgan fingerprint density at radius 1 is 1.00 bits per heavy atom. The van der Waals surface area contributed by atoms with Gasteiger partial charge in [0.15, 0.2) is 11.6 Å². The predicted octanol–water partition coefficient (Wildman–Crippen LogP) is 4.14. The fourth-order valence-electron chi connectivity index (χ4n) is 2.38. The van der Waals surface area contributed by atoms with Crippen LogP contribution in [-0.4, -0.2) is 13.1 Å². The Morgan fingerprint density at radius 3 is 2.52 bits per heavy atom. The molecule has 0 bridgehead atoms. The second-order valence-corrected chi connectivity index (χ2v) is 5.13. The highest BCUT2D eigenvalue weighted by Gasteiger charge is 2.10. The maximum absolute atomic E-state index is 13.6. The van der Waals surface area contributed by atoms with Gasteiger partial charge >= 0.3 is 5.97 Å². The number of hydrogen-bond acceptors (Lipinski definition) is 3. The average Bonchev–Trinajstić information content (AvgIpc) is 2.55. The maximum atomic E-state index is 13.6. The molecule has 0 radical (unpaired) electrons. The molecule has 0 spiro atoms. The highest BCUT2D eigenvalue weighted by molar-refractivity contribution is 5.85. The molecule has 116 valence electrons. The number of rotatable bonds is 4. The summed E-state index contributed by atoms with van der Waals surface area (Å²) in [6, 6.07) is 17.7. The topological polar surface area (TPSA) is 35.5 Å². The zero-order valence-corrected chi connectivity index (χ0v) is 12.6. The number of esters is 1. The molecule has 0 atom stereocenters. The van der Waals surface area contributed by atoms with Crippen LogP contribution < -0.4 is 9.47 Å². The Balaban J connectivity index is 1.71. The number of benzene rings is 3. The van der Waals surface area contributed by atoms with Crippen LogP contribution in [-0.2, 0) is 11.2 Å². The second kappa shape index (κ2) is 6.48. The minimum absolute atomic E-state index is 0.00621. The van der Waals surface area contributed by atoms with E-state index in [2.05, 4.69) is 0 Å². The normalized spacial score (nSPS) is 10.5. The lowest BCUT2D eigenvalue weighted by molar-refractivity contribution is -0.133. The first-order chi connectivity index (χ1) is 11.2. The van der Waals surface area contributed by atoms with E-state index in [9.17, 15) is 9.18 Å². The average molecular weight is 310 g/mol. The maximum Gasteiger partial charge on any atom is 0.315 e. The van der Waals surface area contributed by atoms with Crippen molar-refractivity contribution in [1.29, 1.82) is 0 Å². The van der Waals surface area contributed by atoms with Crippen molar-refractivity contribution in [2.75, 3.05) is 7.11 Å². The Labute approximate surface area is 133 Å². The number of ether oxygens (including phenoxy) is 2. The van der Waals surface area contributed by atoms with Crippen molar-refractivity contribution in [3.63, 3.8) is 0 Å². The van der Waals surface area contributed by atoms with Gasteiger partial charge in [0.1, 0.15) is 5.75 Å². The van der Waals surface area contributed by atoms with Crippen LogP contribution >= 0.6 is 0 Å². The number of hydrogen-bond donors (Lipinski definition) is 0. The van der Waals surface area contributed by atoms with Gasteiger partial charge < -0.3 is 9.47 Å². The van der Waals surface area contributed by atoms with E-state index < -0.39 is 11.8 Å². The summed E-state index contributed by atoms with van der Waals surface area (Å²) >= 11 is 0. The first-order valence-electron chi connectivity index (χ1n) is 7.17. The van der Waals surface area contributed by atoms with Gasteiger partial charge in [-0.1, -0.05) is 36.4 Å². The van der Waals surface area contributed by atoms with E-state index >= 15 is 0 Å². The zero-order chi connectivity index (χ0) is 16.2. The van der Waals surface area contributed by atoms with Crippen molar-refractivity contribution in [1.82, 2.24) is 0 Å². The molecule has 0 amide bonds. The van der Waals surface area contributed by atoms with Gasteiger partial charge in [-0.25, -0.2) is 4.39 Å². The van der Waals surface area contributed by atoms with Crippen LogP contribution in [0.4, 0.5) is 4.39 Å². The Hall–Kier alpha value is -2.88. The molecule has 23 heavy (non-hydrogen) atoms. The molecule has 0 fully saturated rings. The van der Waals surface area contributed by atoms with E-state index in [0.717, 1.165) is 10.8 Å². The second-order valence-electron chi connectivity index (χ2n) is 5.13. The molecule has 0 aliphatic heterocycles. The summed E-state index contributed by atoms with van der Waals surface area (Å²) in [5, 5.41) is 2.07. The van der Waals surface area contributed by atoms with Gasteiger partial charge in [-0.3, -0.25) is 4.79 Å². The van der Waals surface area contributed by atoms with E-state index in [1.54, 1.807) is 12.1 Å². The van der Waals surface area contributed by atoms with Crippen molar-refractivity contribution in [3.05, 3.63) is 72.0 Å². The lowest BCUT2D eigenvalue weighted by Crippen LogP contribution is -2.11. The van der Waals surface area contributed by atoms with Crippen LogP contribution in [0.15, 0.2) is 60.7 Å². The molecule has 0 aliphatic rings. The van der Waals surface area contributed by atoms with E-state index in [1.807, 2.05) is 36.4 Å². The molecule has 0 aliphatic carbocycles. The van der Waals surface area contributed by atoms with Gasteiger partial charge in [0.25, 0.3) is 0 Å². The molecule has 0 heterocycles. The number of fused-ring (bicyclic) bond motifs is 1. The highest BCUT2D eigenvalue weighted by Crippen LogP contribution is 2.22. The number of carbonyl (C=O) groups excluding carboxylic acids is 1. The highest BCUT2D eigenvalue weighted by atomic mass is 19.1. The van der Waals surface area contributed by atoms with Gasteiger partial charge in [-0.2, -0.15) is 0 Å². The van der Waals surface area contributed by atoms with Gasteiger partial charge in [0, 0.05) is 0 Å². The third kappa shape index (κ3) is 3.48. The van der Waals surface area contributed by atoms with Gasteiger partial charge in [-0.05, 0) is 40.6 Å². The Morgan fingerprint density at radius 2 is 1.78 bits per heavy atom. The molecule has 3 aromatic rings. The van der Waals surface area contributed by atoms with Crippen molar-refractivity contribution in [3.8, 4) is 11.5 Å². The molecule has 0 aromatic heterocycles. The summed E-state index contributed by atoms with van der Waals surface area (Å²) < 4.78 is 23.8. The van der Waals surface area contributed by atoms with Crippen molar-refractivity contribution in [2.24, 2.45) is 0 Å². The molecule has 0 unspecified atom stereocenters. The Kier molecular flexibility index (Phi) is 4.24. The smallest absolute Gasteiger partial charge is 0.315 e. The van der Waals surface area contributed by atoms with E-state index in [1.165, 1.54) is 19.2 Å². The first-order valence-corrected chi connectivity index (χ1v) is 7.17. The lowest BCUT2D eigenvalue weighted by Gasteiger charge is -2.07. The largest absolute Gasteiger partial charge is 0.494 e. The third-order valence-electron chi connectivity index (χ3n) is 3.52. The summed E-state index contributed by atoms with van der Waals surface area (Å²) in [5.41, 5.74) is 0.536. The predicted molar refractivity (Wildman–Crippen MR) is 86.2 cm³/mol. The molecule has 3 rings (SSSR count). The number of halogens is 1. The fourth-order valence-corrected chi connectivity index (χ4v) is 2.38. The van der Waals surface area contributed by atoms with Crippen molar-refractivity contribution >= 4 is 16.7 Å². The molecule has 4 heteroatoms. The van der Waals surface area contributed by atoms with Gasteiger partial charge in [0.05, 0.1) is 13.5 Å². The SMILES string of the molecule is COc1ccc(CC(=O)Oc2ccc3ccccc3c2)cc1F. The van der Waals surface area contributed by atoms with Crippen molar-refractivity contribution < 1.29 is 18.7 Å². The summed E-state index contributed by atoms with van der Waals surface area (Å²) in [6.07, 6.45) is -0.00621. The van der Waals surface area contributed by atoms with Crippen LogP contribution in [0.5, 0.6) is 11.5 Å². The molecule has 0 saturated carbocycles. The number of carbonyl (C=O) groups is 1. The van der Waals surface area contributed by atoms with Crippen LogP contribution in [0.1, 0.15) is 5.56 Å². The van der Waals surface area contributed by atoms with Gasteiger partial charge in [0.2, 0.25) is 0 Å². The molecule has 3 aromatic carbocycles. The van der Waals surface area contributed by atoms with Crippen LogP contribution in [0.2, 0.25) is 0 Å². The minimum atomic E-state index is -0.497. The Bertz CT molecular complexity index is 858. The minimum Gasteiger partial charge on any atom is -0.494 e. The molecular formula is C19H15FO3. The molecule has 0 N–H and O–H groups in total. The molecular weight excluding hydrogens is 295 g/mol. The van der Waals surface area contributed by atoms with Gasteiger partial charge in [-0.15, -0.1) is 0 Å². The lowest BCUT2D eigenvalue weighted by atomic mass is 10.1. The summed E-state index contributed by atoms with van der Waals surface area (Å²) in [5.74, 6) is -0.312. The van der Waals surface area contributed by atoms with Crippen LogP contribution in [0.25, 0.3) is 10.8 Å². The van der Waals surface area contributed by atoms with E-state index in [-0.39, 0.29) is 12.2 Å². The first kappa shape index (κ1) is 15.0. The van der Waals surface area contributed by atoms with Crippen LogP contribution in [0.3, 0.4) is 0 Å². The number of methoxy groups -OCH3 is 1.